The summed E-state index contributed by atoms with van der Waals surface area (Å²) in [5.41, 5.74) is 0.646. The van der Waals surface area contributed by atoms with Crippen LogP contribution in [-0.4, -0.2) is 46.3 Å². The minimum Gasteiger partial charge on any atom is -0.497 e. The molecule has 25 heavy (non-hydrogen) atoms. The second kappa shape index (κ2) is 9.38. The number of benzene rings is 1. The highest BCUT2D eigenvalue weighted by molar-refractivity contribution is 7.88. The highest BCUT2D eigenvalue weighted by Crippen LogP contribution is 2.22. The Morgan fingerprint density at radius 2 is 1.96 bits per heavy atom. The summed E-state index contributed by atoms with van der Waals surface area (Å²) < 4.78 is 34.8. The van der Waals surface area contributed by atoms with Crippen LogP contribution in [0, 0.1) is 0 Å². The van der Waals surface area contributed by atoms with E-state index >= 15 is 0 Å². The molecule has 2 N–H and O–H groups in total. The van der Waals surface area contributed by atoms with Gasteiger partial charge >= 0.3 is 5.97 Å². The van der Waals surface area contributed by atoms with Crippen LogP contribution < -0.4 is 14.8 Å². The Morgan fingerprint density at radius 1 is 1.28 bits per heavy atom. The molecule has 0 bridgehead atoms. The van der Waals surface area contributed by atoms with Gasteiger partial charge in [0.2, 0.25) is 15.9 Å². The highest BCUT2D eigenvalue weighted by Gasteiger charge is 2.24. The fourth-order valence-corrected chi connectivity index (χ4v) is 2.92. The Kier molecular flexibility index (Phi) is 7.85. The van der Waals surface area contributed by atoms with E-state index in [0.717, 1.165) is 6.26 Å². The number of nitrogens with one attached hydrogen (secondary N) is 2. The number of sulfonamides is 1. The van der Waals surface area contributed by atoms with E-state index in [-0.39, 0.29) is 13.0 Å². The van der Waals surface area contributed by atoms with Crippen LogP contribution >= 0.6 is 0 Å². The number of amides is 1. The molecule has 0 unspecified atom stereocenters. The third kappa shape index (κ3) is 7.53. The third-order valence-corrected chi connectivity index (χ3v) is 4.05. The van der Waals surface area contributed by atoms with Gasteiger partial charge in [-0.05, 0) is 31.5 Å². The first-order chi connectivity index (χ1) is 11.7. The molecule has 9 heteroatoms. The van der Waals surface area contributed by atoms with Crippen LogP contribution in [0.15, 0.2) is 24.3 Å². The first kappa shape index (κ1) is 20.9. The van der Waals surface area contributed by atoms with E-state index in [4.69, 9.17) is 9.47 Å². The van der Waals surface area contributed by atoms with Crippen molar-refractivity contribution in [3.05, 3.63) is 29.8 Å². The lowest BCUT2D eigenvalue weighted by molar-refractivity contribution is -0.143. The van der Waals surface area contributed by atoms with Gasteiger partial charge in [-0.2, -0.15) is 0 Å². The van der Waals surface area contributed by atoms with Crippen molar-refractivity contribution in [1.82, 2.24) is 10.0 Å². The molecule has 0 aliphatic carbocycles. The Balaban J connectivity index is 2.97. The van der Waals surface area contributed by atoms with Crippen LogP contribution in [0.4, 0.5) is 0 Å². The summed E-state index contributed by atoms with van der Waals surface area (Å²) in [4.78, 5) is 24.1. The normalized spacial score (nSPS) is 13.6. The average molecular weight is 372 g/mol. The summed E-state index contributed by atoms with van der Waals surface area (Å²) in [5.74, 6) is -0.454. The van der Waals surface area contributed by atoms with Gasteiger partial charge in [-0.3, -0.25) is 9.59 Å². The summed E-state index contributed by atoms with van der Waals surface area (Å²) >= 11 is 0. The van der Waals surface area contributed by atoms with E-state index in [1.165, 1.54) is 14.0 Å². The number of rotatable bonds is 9. The van der Waals surface area contributed by atoms with E-state index in [2.05, 4.69) is 10.0 Å². The van der Waals surface area contributed by atoms with Gasteiger partial charge in [-0.1, -0.05) is 12.1 Å². The molecule has 0 fully saturated rings. The van der Waals surface area contributed by atoms with Crippen molar-refractivity contribution in [2.24, 2.45) is 0 Å². The largest absolute Gasteiger partial charge is 0.497 e. The third-order valence-electron chi connectivity index (χ3n) is 3.27. The number of hydrogen-bond acceptors (Lipinski definition) is 6. The lowest BCUT2D eigenvalue weighted by Gasteiger charge is -2.21. The van der Waals surface area contributed by atoms with E-state index in [1.54, 1.807) is 31.2 Å². The topological polar surface area (TPSA) is 111 Å². The van der Waals surface area contributed by atoms with Gasteiger partial charge in [0.1, 0.15) is 5.75 Å². The standard InChI is InChI=1S/C16H24N2O6S/c1-5-24-15(19)10-14(12-7-6-8-13(9-12)23-3)17-16(20)11(2)18-25(4,21)22/h6-9,11,14,18H,5,10H2,1-4H3,(H,17,20)/t11-,14-/m0/s1. The van der Waals surface area contributed by atoms with Crippen LogP contribution in [0.5, 0.6) is 5.75 Å². The summed E-state index contributed by atoms with van der Waals surface area (Å²) in [6, 6.07) is 5.24. The molecule has 1 aromatic carbocycles. The molecule has 1 aromatic rings. The Labute approximate surface area is 147 Å². The van der Waals surface area contributed by atoms with Gasteiger partial charge < -0.3 is 14.8 Å². The second-order valence-corrected chi connectivity index (χ2v) is 7.24. The van der Waals surface area contributed by atoms with Crippen molar-refractivity contribution >= 4 is 21.9 Å². The van der Waals surface area contributed by atoms with Gasteiger partial charge in [0.25, 0.3) is 0 Å². The quantitative estimate of drug-likeness (QED) is 0.619. The van der Waals surface area contributed by atoms with Crippen molar-refractivity contribution in [3.63, 3.8) is 0 Å². The van der Waals surface area contributed by atoms with Crippen LogP contribution in [0.2, 0.25) is 0 Å². The molecule has 0 radical (unpaired) electrons. The lowest BCUT2D eigenvalue weighted by Crippen LogP contribution is -2.45. The number of carbonyl (C=O) groups excluding carboxylic acids is 2. The van der Waals surface area contributed by atoms with Crippen molar-refractivity contribution in [2.75, 3.05) is 20.0 Å². The van der Waals surface area contributed by atoms with Gasteiger partial charge in [0, 0.05) is 0 Å². The van der Waals surface area contributed by atoms with Crippen molar-refractivity contribution < 1.29 is 27.5 Å². The van der Waals surface area contributed by atoms with E-state index in [1.807, 2.05) is 0 Å². The molecule has 0 spiro atoms. The fourth-order valence-electron chi connectivity index (χ4n) is 2.17. The van der Waals surface area contributed by atoms with Gasteiger partial charge in [-0.15, -0.1) is 0 Å². The summed E-state index contributed by atoms with van der Waals surface area (Å²) in [7, 11) is -2.02. The maximum atomic E-state index is 12.3. The molecule has 8 nitrogen and oxygen atoms in total. The molecular formula is C16H24N2O6S. The monoisotopic (exact) mass is 372 g/mol. The molecule has 0 aromatic heterocycles. The zero-order valence-electron chi connectivity index (χ0n) is 14.7. The number of carbonyl (C=O) groups is 2. The number of ether oxygens (including phenoxy) is 2. The zero-order valence-corrected chi connectivity index (χ0v) is 15.6. The fraction of sp³-hybridized carbons (Fsp3) is 0.500. The molecule has 0 aliphatic rings. The van der Waals surface area contributed by atoms with Crippen LogP contribution in [0.1, 0.15) is 31.9 Å². The molecule has 0 saturated carbocycles. The van der Waals surface area contributed by atoms with Gasteiger partial charge in [0.15, 0.2) is 0 Å². The Hall–Kier alpha value is -2.13. The average Bonchev–Trinajstić information content (AvgIpc) is 2.52. The SMILES string of the molecule is CCOC(=O)C[C@H](NC(=O)[C@H](C)NS(C)(=O)=O)c1cccc(OC)c1. The molecule has 1 rings (SSSR count). The molecule has 2 atom stereocenters. The maximum Gasteiger partial charge on any atom is 0.308 e. The molecular weight excluding hydrogens is 348 g/mol. The van der Waals surface area contributed by atoms with E-state index in [9.17, 15) is 18.0 Å². The molecule has 0 aliphatic heterocycles. The van der Waals surface area contributed by atoms with Crippen LogP contribution in [0.3, 0.4) is 0 Å². The predicted octanol–water partition coefficient (Wildman–Crippen LogP) is 0.743. The predicted molar refractivity (Wildman–Crippen MR) is 92.6 cm³/mol. The Morgan fingerprint density at radius 3 is 2.52 bits per heavy atom. The first-order valence-electron chi connectivity index (χ1n) is 7.73. The van der Waals surface area contributed by atoms with Gasteiger partial charge in [-0.25, -0.2) is 13.1 Å². The smallest absolute Gasteiger partial charge is 0.308 e. The molecule has 0 saturated heterocycles. The van der Waals surface area contributed by atoms with Crippen molar-refractivity contribution in [2.45, 2.75) is 32.4 Å². The summed E-state index contributed by atoms with van der Waals surface area (Å²) in [5, 5.41) is 2.67. The minimum absolute atomic E-state index is 0.0850. The van der Waals surface area contributed by atoms with Crippen LogP contribution in [-0.2, 0) is 24.3 Å². The lowest BCUT2D eigenvalue weighted by atomic mass is 10.0. The molecule has 1 amide bonds. The zero-order chi connectivity index (χ0) is 19.0. The molecule has 0 heterocycles. The Bertz CT molecular complexity index is 704. The summed E-state index contributed by atoms with van der Waals surface area (Å²) in [6.45, 7) is 3.34. The summed E-state index contributed by atoms with van der Waals surface area (Å²) in [6.07, 6.45) is 0.882. The van der Waals surface area contributed by atoms with Crippen molar-refractivity contribution in [1.29, 1.82) is 0 Å². The minimum atomic E-state index is -3.53. The second-order valence-electron chi connectivity index (χ2n) is 5.46. The number of esters is 1. The maximum absolute atomic E-state index is 12.3. The first-order valence-corrected chi connectivity index (χ1v) is 9.62. The van der Waals surface area contributed by atoms with E-state index < -0.39 is 34.0 Å². The van der Waals surface area contributed by atoms with E-state index in [0.29, 0.717) is 11.3 Å². The molecule has 140 valence electrons. The van der Waals surface area contributed by atoms with Gasteiger partial charge in [0.05, 0.1) is 38.5 Å². The number of hydrogen-bond donors (Lipinski definition) is 2. The van der Waals surface area contributed by atoms with Crippen molar-refractivity contribution in [3.8, 4) is 5.75 Å². The number of methoxy groups -OCH3 is 1. The highest BCUT2D eigenvalue weighted by atomic mass is 32.2. The van der Waals surface area contributed by atoms with Crippen LogP contribution in [0.25, 0.3) is 0 Å².